The Morgan fingerprint density at radius 3 is 2.67 bits per heavy atom. The number of nitrogens with zero attached hydrogens (tertiary/aromatic N) is 2. The van der Waals surface area contributed by atoms with Crippen molar-refractivity contribution < 1.29 is 9.18 Å². The molecule has 0 saturated heterocycles. The van der Waals surface area contributed by atoms with E-state index in [9.17, 15) is 9.18 Å². The molecule has 0 radical (unpaired) electrons. The van der Waals surface area contributed by atoms with Crippen molar-refractivity contribution in [2.24, 2.45) is 0 Å². The van der Waals surface area contributed by atoms with Crippen LogP contribution in [-0.4, -0.2) is 22.8 Å². The average molecular weight is 287 g/mol. The van der Waals surface area contributed by atoms with Gasteiger partial charge in [-0.3, -0.25) is 9.78 Å². The van der Waals surface area contributed by atoms with Gasteiger partial charge in [0.2, 0.25) is 0 Å². The minimum Gasteiger partial charge on any atom is -0.398 e. The normalized spacial score (nSPS) is 12.0. The number of anilines is 1. The SMILES string of the molecule is Cc1cc(N)c(C(=O)N(C)C(C)c2ccccc2F)cn1. The Hall–Kier alpha value is -2.43. The van der Waals surface area contributed by atoms with Crippen LogP contribution in [0.4, 0.5) is 10.1 Å². The molecule has 0 fully saturated rings. The van der Waals surface area contributed by atoms with Gasteiger partial charge in [0.25, 0.3) is 5.91 Å². The Balaban J connectivity index is 2.29. The van der Waals surface area contributed by atoms with Crippen molar-refractivity contribution >= 4 is 11.6 Å². The summed E-state index contributed by atoms with van der Waals surface area (Å²) in [6.45, 7) is 3.57. The van der Waals surface area contributed by atoms with E-state index in [1.807, 2.05) is 0 Å². The zero-order valence-corrected chi connectivity index (χ0v) is 12.3. The van der Waals surface area contributed by atoms with Gasteiger partial charge in [-0.05, 0) is 26.0 Å². The average Bonchev–Trinajstić information content (AvgIpc) is 2.45. The Bertz CT molecular complexity index is 672. The van der Waals surface area contributed by atoms with Gasteiger partial charge in [-0.25, -0.2) is 4.39 Å². The van der Waals surface area contributed by atoms with Crippen molar-refractivity contribution in [1.82, 2.24) is 9.88 Å². The molecule has 1 amide bonds. The Labute approximate surface area is 123 Å². The first-order valence-electron chi connectivity index (χ1n) is 6.65. The van der Waals surface area contributed by atoms with Crippen LogP contribution in [0.15, 0.2) is 36.5 Å². The summed E-state index contributed by atoms with van der Waals surface area (Å²) in [5, 5.41) is 0. The van der Waals surface area contributed by atoms with E-state index in [2.05, 4.69) is 4.98 Å². The number of amides is 1. The van der Waals surface area contributed by atoms with E-state index < -0.39 is 6.04 Å². The molecule has 2 rings (SSSR count). The van der Waals surface area contributed by atoms with Crippen LogP contribution < -0.4 is 5.73 Å². The maximum absolute atomic E-state index is 13.8. The maximum Gasteiger partial charge on any atom is 0.257 e. The molecule has 0 aliphatic rings. The molecule has 5 heteroatoms. The third kappa shape index (κ3) is 3.02. The summed E-state index contributed by atoms with van der Waals surface area (Å²) in [6.07, 6.45) is 1.46. The molecule has 1 heterocycles. The van der Waals surface area contributed by atoms with Crippen LogP contribution in [-0.2, 0) is 0 Å². The van der Waals surface area contributed by atoms with Crippen LogP contribution in [0.5, 0.6) is 0 Å². The van der Waals surface area contributed by atoms with Crippen molar-refractivity contribution in [3.8, 4) is 0 Å². The highest BCUT2D eigenvalue weighted by atomic mass is 19.1. The van der Waals surface area contributed by atoms with E-state index in [-0.39, 0.29) is 11.7 Å². The molecule has 4 nitrogen and oxygen atoms in total. The molecule has 0 spiro atoms. The Morgan fingerprint density at radius 2 is 2.05 bits per heavy atom. The highest BCUT2D eigenvalue weighted by Crippen LogP contribution is 2.24. The Kier molecular flexibility index (Phi) is 4.21. The van der Waals surface area contributed by atoms with Crippen LogP contribution in [0.3, 0.4) is 0 Å². The summed E-state index contributed by atoms with van der Waals surface area (Å²) < 4.78 is 13.8. The van der Waals surface area contributed by atoms with Gasteiger partial charge < -0.3 is 10.6 Å². The minimum atomic E-state index is -0.403. The lowest BCUT2D eigenvalue weighted by molar-refractivity contribution is 0.0741. The molecule has 2 aromatic rings. The lowest BCUT2D eigenvalue weighted by Gasteiger charge is -2.26. The van der Waals surface area contributed by atoms with Crippen LogP contribution in [0.25, 0.3) is 0 Å². The fourth-order valence-electron chi connectivity index (χ4n) is 2.15. The van der Waals surface area contributed by atoms with Gasteiger partial charge >= 0.3 is 0 Å². The first-order valence-corrected chi connectivity index (χ1v) is 6.65. The number of rotatable bonds is 3. The predicted molar refractivity (Wildman–Crippen MR) is 80.3 cm³/mol. The molecule has 0 saturated carbocycles. The Morgan fingerprint density at radius 1 is 1.38 bits per heavy atom. The zero-order valence-electron chi connectivity index (χ0n) is 12.3. The summed E-state index contributed by atoms with van der Waals surface area (Å²) in [4.78, 5) is 18.0. The van der Waals surface area contributed by atoms with Gasteiger partial charge in [0, 0.05) is 30.2 Å². The van der Waals surface area contributed by atoms with Crippen molar-refractivity contribution in [3.63, 3.8) is 0 Å². The maximum atomic E-state index is 13.8. The van der Waals surface area contributed by atoms with Crippen LogP contribution in [0.2, 0.25) is 0 Å². The van der Waals surface area contributed by atoms with Crippen LogP contribution >= 0.6 is 0 Å². The number of hydrogen-bond acceptors (Lipinski definition) is 3. The number of pyridine rings is 1. The number of aromatic nitrogens is 1. The molecule has 0 bridgehead atoms. The molecule has 1 atom stereocenters. The third-order valence-electron chi connectivity index (χ3n) is 3.56. The fourth-order valence-corrected chi connectivity index (χ4v) is 2.15. The van der Waals surface area contributed by atoms with Crippen molar-refractivity contribution in [2.75, 3.05) is 12.8 Å². The molecular formula is C16H18FN3O. The van der Waals surface area contributed by atoms with Crippen molar-refractivity contribution in [1.29, 1.82) is 0 Å². The van der Waals surface area contributed by atoms with Crippen LogP contribution in [0.1, 0.15) is 34.6 Å². The zero-order chi connectivity index (χ0) is 15.6. The largest absolute Gasteiger partial charge is 0.398 e. The number of benzene rings is 1. The molecule has 1 unspecified atom stereocenters. The fraction of sp³-hybridized carbons (Fsp3) is 0.250. The lowest BCUT2D eigenvalue weighted by Crippen LogP contribution is -2.30. The summed E-state index contributed by atoms with van der Waals surface area (Å²) in [6, 6.07) is 7.66. The summed E-state index contributed by atoms with van der Waals surface area (Å²) >= 11 is 0. The van der Waals surface area contributed by atoms with E-state index in [0.29, 0.717) is 16.8 Å². The topological polar surface area (TPSA) is 59.2 Å². The molecule has 0 aliphatic carbocycles. The van der Waals surface area contributed by atoms with Crippen molar-refractivity contribution in [2.45, 2.75) is 19.9 Å². The molecule has 2 N–H and O–H groups in total. The molecule has 110 valence electrons. The van der Waals surface area contributed by atoms with Gasteiger partial charge in [0.15, 0.2) is 0 Å². The van der Waals surface area contributed by atoms with Crippen LogP contribution in [0, 0.1) is 12.7 Å². The van der Waals surface area contributed by atoms with E-state index in [4.69, 9.17) is 5.73 Å². The summed E-state index contributed by atoms with van der Waals surface area (Å²) in [5.41, 5.74) is 7.78. The van der Waals surface area contributed by atoms with Gasteiger partial charge in [0.05, 0.1) is 11.6 Å². The first-order chi connectivity index (χ1) is 9.91. The third-order valence-corrected chi connectivity index (χ3v) is 3.56. The number of nitrogens with two attached hydrogens (primary N) is 1. The standard InChI is InChI=1S/C16H18FN3O/c1-10-8-15(18)13(9-19-10)16(21)20(3)11(2)12-6-4-5-7-14(12)17/h4-9,11H,1-3H3,(H2,18,19). The summed E-state index contributed by atoms with van der Waals surface area (Å²) in [7, 11) is 1.62. The highest BCUT2D eigenvalue weighted by Gasteiger charge is 2.22. The van der Waals surface area contributed by atoms with Gasteiger partial charge in [-0.15, -0.1) is 0 Å². The smallest absolute Gasteiger partial charge is 0.257 e. The van der Waals surface area contributed by atoms with Gasteiger partial charge in [-0.1, -0.05) is 18.2 Å². The molecule has 0 aliphatic heterocycles. The van der Waals surface area contributed by atoms with E-state index in [0.717, 1.165) is 5.69 Å². The quantitative estimate of drug-likeness (QED) is 0.944. The number of hydrogen-bond donors (Lipinski definition) is 1. The highest BCUT2D eigenvalue weighted by molar-refractivity contribution is 5.98. The number of aryl methyl sites for hydroxylation is 1. The minimum absolute atomic E-state index is 0.282. The van der Waals surface area contributed by atoms with E-state index >= 15 is 0 Å². The number of carbonyl (C=O) groups excluding carboxylic acids is 1. The monoisotopic (exact) mass is 287 g/mol. The predicted octanol–water partition coefficient (Wildman–Crippen LogP) is 2.94. The van der Waals surface area contributed by atoms with Crippen molar-refractivity contribution in [3.05, 3.63) is 59.2 Å². The second kappa shape index (κ2) is 5.91. The number of halogens is 1. The van der Waals surface area contributed by atoms with E-state index in [1.165, 1.54) is 17.2 Å². The molecule has 1 aromatic heterocycles. The molecule has 1 aromatic carbocycles. The van der Waals surface area contributed by atoms with Gasteiger partial charge in [-0.2, -0.15) is 0 Å². The second-order valence-corrected chi connectivity index (χ2v) is 5.03. The van der Waals surface area contributed by atoms with Gasteiger partial charge in [0.1, 0.15) is 5.82 Å². The molecular weight excluding hydrogens is 269 g/mol. The summed E-state index contributed by atoms with van der Waals surface area (Å²) in [5.74, 6) is -0.615. The number of nitrogen functional groups attached to an aromatic ring is 1. The van der Waals surface area contributed by atoms with E-state index in [1.54, 1.807) is 45.2 Å². The second-order valence-electron chi connectivity index (χ2n) is 5.03. The lowest BCUT2D eigenvalue weighted by atomic mass is 10.1. The molecule has 21 heavy (non-hydrogen) atoms. The number of carbonyl (C=O) groups is 1. The first kappa shape index (κ1) is 15.0.